The summed E-state index contributed by atoms with van der Waals surface area (Å²) in [5.41, 5.74) is 0.913. The van der Waals surface area contributed by atoms with Gasteiger partial charge in [-0.15, -0.1) is 11.3 Å². The second-order valence-corrected chi connectivity index (χ2v) is 7.18. The molecule has 3 rings (SSSR count). The van der Waals surface area contributed by atoms with Gasteiger partial charge in [-0.05, 0) is 38.1 Å². The van der Waals surface area contributed by atoms with Gasteiger partial charge in [0.05, 0.1) is 16.1 Å². The first-order valence-corrected chi connectivity index (χ1v) is 7.82. The molecule has 2 aromatic rings. The Morgan fingerprint density at radius 3 is 2.42 bits per heavy atom. The molecule has 1 aromatic heterocycles. The van der Waals surface area contributed by atoms with Crippen molar-refractivity contribution in [3.05, 3.63) is 63.7 Å². The van der Waals surface area contributed by atoms with Crippen molar-refractivity contribution in [2.24, 2.45) is 4.99 Å². The predicted octanol–water partition coefficient (Wildman–Crippen LogP) is 5.30. The van der Waals surface area contributed by atoms with E-state index in [4.69, 9.17) is 4.99 Å². The molecule has 1 aliphatic heterocycles. The largest absolute Gasteiger partial charge is 0.245 e. The summed E-state index contributed by atoms with van der Waals surface area (Å²) < 4.78 is 0. The van der Waals surface area contributed by atoms with E-state index >= 15 is 0 Å². The number of aliphatic imine (C=N–C) groups is 1. The average molecular weight is 285 g/mol. The summed E-state index contributed by atoms with van der Waals surface area (Å²) in [6, 6.07) is 14.5. The van der Waals surface area contributed by atoms with E-state index in [-0.39, 0.29) is 5.41 Å². The summed E-state index contributed by atoms with van der Waals surface area (Å²) in [7, 11) is 0. The number of para-hydroxylation sites is 1. The summed E-state index contributed by atoms with van der Waals surface area (Å²) in [5, 5.41) is 1.14. The van der Waals surface area contributed by atoms with E-state index in [9.17, 15) is 0 Å². The van der Waals surface area contributed by atoms with Crippen molar-refractivity contribution in [2.45, 2.75) is 19.3 Å². The van der Waals surface area contributed by atoms with Gasteiger partial charge in [0.25, 0.3) is 0 Å². The molecule has 0 aliphatic carbocycles. The molecule has 1 fully saturated rings. The highest BCUT2D eigenvalue weighted by atomic mass is 32.2. The second kappa shape index (κ2) is 4.66. The van der Waals surface area contributed by atoms with Crippen LogP contribution in [0.1, 0.15) is 16.7 Å². The molecule has 96 valence electrons. The number of nitrogens with zero attached hydrogens (tertiary/aromatic N) is 1. The molecular formula is C16H15NS2. The van der Waals surface area contributed by atoms with Gasteiger partial charge < -0.3 is 0 Å². The van der Waals surface area contributed by atoms with Crippen LogP contribution in [0.15, 0.2) is 58.9 Å². The Balaban J connectivity index is 2.00. The summed E-state index contributed by atoms with van der Waals surface area (Å²) in [4.78, 5) is 8.63. The van der Waals surface area contributed by atoms with E-state index in [1.54, 1.807) is 11.8 Å². The summed E-state index contributed by atoms with van der Waals surface area (Å²) in [6.45, 7) is 8.54. The molecule has 1 nitrogen and oxygen atoms in total. The van der Waals surface area contributed by atoms with Gasteiger partial charge in [-0.3, -0.25) is 0 Å². The zero-order valence-corrected chi connectivity index (χ0v) is 12.6. The lowest BCUT2D eigenvalue weighted by Crippen LogP contribution is -2.39. The standard InChI is InChI=1S/C16H15NS2/c1-11-9-10-14(18-11)16(3)12(2)19-15(16)17-13-7-5-4-6-8-13/h4-10H,2H2,1,3H3/t16-/m1/s1. The lowest BCUT2D eigenvalue weighted by Gasteiger charge is -2.40. The van der Waals surface area contributed by atoms with Crippen LogP contribution in [0, 0.1) is 6.92 Å². The molecule has 0 bridgehead atoms. The fourth-order valence-corrected chi connectivity index (χ4v) is 4.35. The van der Waals surface area contributed by atoms with Crippen molar-refractivity contribution in [2.75, 3.05) is 0 Å². The highest BCUT2D eigenvalue weighted by molar-refractivity contribution is 8.20. The lowest BCUT2D eigenvalue weighted by atomic mass is 9.88. The molecule has 19 heavy (non-hydrogen) atoms. The average Bonchev–Trinajstić information content (AvgIpc) is 2.85. The smallest absolute Gasteiger partial charge is 0.0944 e. The number of hydrogen-bond donors (Lipinski definition) is 0. The van der Waals surface area contributed by atoms with Gasteiger partial charge in [-0.2, -0.15) is 0 Å². The molecule has 1 aromatic carbocycles. The number of benzene rings is 1. The van der Waals surface area contributed by atoms with E-state index in [0.717, 1.165) is 10.7 Å². The molecule has 0 amide bonds. The highest BCUT2D eigenvalue weighted by Gasteiger charge is 2.47. The van der Waals surface area contributed by atoms with Gasteiger partial charge in [0.1, 0.15) is 0 Å². The number of aryl methyl sites for hydroxylation is 1. The number of thiophene rings is 1. The third-order valence-corrected chi connectivity index (χ3v) is 6.00. The Hall–Kier alpha value is -1.32. The molecule has 3 heteroatoms. The van der Waals surface area contributed by atoms with Crippen LogP contribution in [0.2, 0.25) is 0 Å². The zero-order chi connectivity index (χ0) is 13.5. The second-order valence-electron chi connectivity index (χ2n) is 4.81. The molecule has 2 heterocycles. The minimum Gasteiger partial charge on any atom is -0.245 e. The van der Waals surface area contributed by atoms with Crippen molar-refractivity contribution in [3.63, 3.8) is 0 Å². The normalized spacial score (nSPS) is 24.5. The Bertz CT molecular complexity index is 654. The van der Waals surface area contributed by atoms with Gasteiger partial charge in [-0.25, -0.2) is 4.99 Å². The van der Waals surface area contributed by atoms with E-state index in [2.05, 4.69) is 32.6 Å². The van der Waals surface area contributed by atoms with Crippen molar-refractivity contribution >= 4 is 33.8 Å². The fraction of sp³-hybridized carbons (Fsp3) is 0.188. The van der Waals surface area contributed by atoms with Gasteiger partial charge in [0, 0.05) is 14.7 Å². The highest BCUT2D eigenvalue weighted by Crippen LogP contribution is 2.54. The third-order valence-electron chi connectivity index (χ3n) is 3.43. The minimum absolute atomic E-state index is 0.0978. The third kappa shape index (κ3) is 2.07. The maximum atomic E-state index is 4.78. The Labute approximate surface area is 122 Å². The fourth-order valence-electron chi connectivity index (χ4n) is 2.09. The quantitative estimate of drug-likeness (QED) is 0.729. The van der Waals surface area contributed by atoms with Gasteiger partial charge in [0.2, 0.25) is 0 Å². The number of thioether (sulfide) groups is 1. The number of allylic oxidation sites excluding steroid dienone is 1. The van der Waals surface area contributed by atoms with Crippen LogP contribution in [-0.2, 0) is 5.41 Å². The Morgan fingerprint density at radius 2 is 1.84 bits per heavy atom. The molecule has 0 unspecified atom stereocenters. The first-order valence-electron chi connectivity index (χ1n) is 6.19. The maximum absolute atomic E-state index is 4.78. The predicted molar refractivity (Wildman–Crippen MR) is 86.7 cm³/mol. The van der Waals surface area contributed by atoms with Crippen molar-refractivity contribution in [1.82, 2.24) is 0 Å². The SMILES string of the molecule is C=C1SC(=Nc2ccccc2)[C@@]1(C)c1ccc(C)s1. The van der Waals surface area contributed by atoms with Crippen LogP contribution in [0.3, 0.4) is 0 Å². The number of hydrogen-bond acceptors (Lipinski definition) is 3. The van der Waals surface area contributed by atoms with Crippen LogP contribution in [0.25, 0.3) is 0 Å². The molecule has 1 atom stereocenters. The first kappa shape index (κ1) is 12.7. The lowest BCUT2D eigenvalue weighted by molar-refractivity contribution is 0.815. The van der Waals surface area contributed by atoms with Gasteiger partial charge in [0.15, 0.2) is 0 Å². The van der Waals surface area contributed by atoms with E-state index in [0.29, 0.717) is 0 Å². The monoisotopic (exact) mass is 285 g/mol. The van der Waals surface area contributed by atoms with Crippen LogP contribution in [0.4, 0.5) is 5.69 Å². The molecule has 1 saturated heterocycles. The zero-order valence-electron chi connectivity index (χ0n) is 11.0. The molecule has 0 spiro atoms. The molecular weight excluding hydrogens is 270 g/mol. The Kier molecular flexibility index (Phi) is 3.11. The van der Waals surface area contributed by atoms with Crippen LogP contribution < -0.4 is 0 Å². The van der Waals surface area contributed by atoms with Crippen molar-refractivity contribution in [1.29, 1.82) is 0 Å². The molecule has 0 N–H and O–H groups in total. The molecule has 0 radical (unpaired) electrons. The van der Waals surface area contributed by atoms with Crippen LogP contribution in [-0.4, -0.2) is 5.04 Å². The maximum Gasteiger partial charge on any atom is 0.0944 e. The van der Waals surface area contributed by atoms with Crippen molar-refractivity contribution in [3.8, 4) is 0 Å². The van der Waals surface area contributed by atoms with Crippen LogP contribution >= 0.6 is 23.1 Å². The summed E-state index contributed by atoms with van der Waals surface area (Å²) >= 11 is 3.53. The number of rotatable bonds is 2. The van der Waals surface area contributed by atoms with Gasteiger partial charge >= 0.3 is 0 Å². The topological polar surface area (TPSA) is 12.4 Å². The summed E-state index contributed by atoms with van der Waals surface area (Å²) in [6.07, 6.45) is 0. The minimum atomic E-state index is -0.0978. The van der Waals surface area contributed by atoms with E-state index < -0.39 is 0 Å². The first-order chi connectivity index (χ1) is 9.10. The van der Waals surface area contributed by atoms with Gasteiger partial charge in [-0.1, -0.05) is 36.5 Å². The summed E-state index contributed by atoms with van der Waals surface area (Å²) in [5.74, 6) is 0. The Morgan fingerprint density at radius 1 is 1.11 bits per heavy atom. The molecule has 1 aliphatic rings. The van der Waals surface area contributed by atoms with Crippen LogP contribution in [0.5, 0.6) is 0 Å². The van der Waals surface area contributed by atoms with E-state index in [1.165, 1.54) is 14.7 Å². The van der Waals surface area contributed by atoms with E-state index in [1.807, 2.05) is 41.7 Å². The van der Waals surface area contributed by atoms with Crippen molar-refractivity contribution < 1.29 is 0 Å². The molecule has 0 saturated carbocycles.